The molecule has 0 atom stereocenters. The normalized spacial score (nSPS) is 9.56. The molecule has 0 saturated heterocycles. The Kier molecular flexibility index (Phi) is 3.30. The van der Waals surface area contributed by atoms with Crippen LogP contribution in [0.4, 0.5) is 11.4 Å². The largest absolute Gasteiger partial charge is 0.497 e. The van der Waals surface area contributed by atoms with E-state index >= 15 is 0 Å². The van der Waals surface area contributed by atoms with Gasteiger partial charge >= 0.3 is 0 Å². The predicted molar refractivity (Wildman–Crippen MR) is 68.1 cm³/mol. The molecule has 18 heavy (non-hydrogen) atoms. The SMILES string of the molecule is COc1ccc(Nc2cc[nH]c(=O)c2C#N)cc1. The van der Waals surface area contributed by atoms with Gasteiger partial charge in [0.1, 0.15) is 17.4 Å². The molecule has 0 radical (unpaired) electrons. The van der Waals surface area contributed by atoms with Crippen molar-refractivity contribution in [1.82, 2.24) is 4.98 Å². The zero-order valence-corrected chi connectivity index (χ0v) is 9.73. The number of ether oxygens (including phenoxy) is 1. The van der Waals surface area contributed by atoms with Crippen molar-refractivity contribution < 1.29 is 4.74 Å². The van der Waals surface area contributed by atoms with Gasteiger partial charge in [0, 0.05) is 11.9 Å². The number of aromatic nitrogens is 1. The molecule has 2 aromatic rings. The van der Waals surface area contributed by atoms with Crippen molar-refractivity contribution in [2.75, 3.05) is 12.4 Å². The number of nitriles is 1. The summed E-state index contributed by atoms with van der Waals surface area (Å²) in [6, 6.07) is 10.7. The lowest BCUT2D eigenvalue weighted by Gasteiger charge is -2.08. The van der Waals surface area contributed by atoms with Gasteiger partial charge in [0.05, 0.1) is 12.8 Å². The minimum atomic E-state index is -0.406. The fourth-order valence-corrected chi connectivity index (χ4v) is 1.52. The van der Waals surface area contributed by atoms with E-state index < -0.39 is 5.56 Å². The summed E-state index contributed by atoms with van der Waals surface area (Å²) in [5.74, 6) is 0.743. The van der Waals surface area contributed by atoms with Gasteiger partial charge in [-0.2, -0.15) is 5.26 Å². The number of aromatic amines is 1. The van der Waals surface area contributed by atoms with Crippen LogP contribution in [0.1, 0.15) is 5.56 Å². The number of nitrogens with one attached hydrogen (secondary N) is 2. The maximum absolute atomic E-state index is 11.4. The van der Waals surface area contributed by atoms with E-state index in [0.29, 0.717) is 5.69 Å². The number of pyridine rings is 1. The molecule has 0 fully saturated rings. The molecule has 90 valence electrons. The fourth-order valence-electron chi connectivity index (χ4n) is 1.52. The molecular weight excluding hydrogens is 230 g/mol. The topological polar surface area (TPSA) is 77.9 Å². The summed E-state index contributed by atoms with van der Waals surface area (Å²) >= 11 is 0. The third kappa shape index (κ3) is 2.33. The quantitative estimate of drug-likeness (QED) is 0.861. The summed E-state index contributed by atoms with van der Waals surface area (Å²) in [6.45, 7) is 0. The Morgan fingerprint density at radius 2 is 2.00 bits per heavy atom. The minimum Gasteiger partial charge on any atom is -0.497 e. The number of methoxy groups -OCH3 is 1. The number of benzene rings is 1. The molecular formula is C13H11N3O2. The van der Waals surface area contributed by atoms with Crippen LogP contribution in [0.15, 0.2) is 41.3 Å². The van der Waals surface area contributed by atoms with Crippen LogP contribution in [0.3, 0.4) is 0 Å². The highest BCUT2D eigenvalue weighted by molar-refractivity contribution is 5.65. The standard InChI is InChI=1S/C13H11N3O2/c1-18-10-4-2-9(3-5-10)16-12-6-7-15-13(17)11(12)8-14/h2-7H,1H3,(H2,15,16,17). The maximum Gasteiger partial charge on any atom is 0.268 e. The Balaban J connectivity index is 2.31. The van der Waals surface area contributed by atoms with E-state index in [1.54, 1.807) is 37.4 Å². The van der Waals surface area contributed by atoms with Gasteiger partial charge in [-0.05, 0) is 30.3 Å². The molecule has 1 aromatic carbocycles. The molecule has 0 spiro atoms. The number of rotatable bonds is 3. The smallest absolute Gasteiger partial charge is 0.268 e. The first kappa shape index (κ1) is 11.7. The molecule has 1 aromatic heterocycles. The van der Waals surface area contributed by atoms with Crippen LogP contribution < -0.4 is 15.6 Å². The Bertz CT molecular complexity index is 639. The van der Waals surface area contributed by atoms with Crippen LogP contribution in [0, 0.1) is 11.3 Å². The minimum absolute atomic E-state index is 0.0633. The summed E-state index contributed by atoms with van der Waals surface area (Å²) in [6.07, 6.45) is 1.50. The van der Waals surface area contributed by atoms with Gasteiger partial charge in [-0.3, -0.25) is 4.79 Å². The molecule has 0 aliphatic heterocycles. The Morgan fingerprint density at radius 3 is 2.61 bits per heavy atom. The van der Waals surface area contributed by atoms with Gasteiger partial charge in [-0.15, -0.1) is 0 Å². The first-order chi connectivity index (χ1) is 8.74. The number of anilines is 2. The highest BCUT2D eigenvalue weighted by atomic mass is 16.5. The van der Waals surface area contributed by atoms with Crippen molar-refractivity contribution in [2.45, 2.75) is 0 Å². The van der Waals surface area contributed by atoms with Crippen LogP contribution >= 0.6 is 0 Å². The lowest BCUT2D eigenvalue weighted by Crippen LogP contribution is -2.11. The Morgan fingerprint density at radius 1 is 1.28 bits per heavy atom. The van der Waals surface area contributed by atoms with E-state index in [1.165, 1.54) is 6.20 Å². The molecule has 2 rings (SSSR count). The molecule has 0 aliphatic carbocycles. The van der Waals surface area contributed by atoms with E-state index in [0.717, 1.165) is 11.4 Å². The summed E-state index contributed by atoms with van der Waals surface area (Å²) in [5, 5.41) is 11.9. The van der Waals surface area contributed by atoms with E-state index in [-0.39, 0.29) is 5.56 Å². The molecule has 0 unspecified atom stereocenters. The second-order valence-electron chi connectivity index (χ2n) is 3.56. The zero-order chi connectivity index (χ0) is 13.0. The second-order valence-corrected chi connectivity index (χ2v) is 3.56. The highest BCUT2D eigenvalue weighted by Gasteiger charge is 2.06. The predicted octanol–water partition coefficient (Wildman–Crippen LogP) is 2.00. The number of hydrogen-bond acceptors (Lipinski definition) is 4. The highest BCUT2D eigenvalue weighted by Crippen LogP contribution is 2.20. The second kappa shape index (κ2) is 5.06. The average molecular weight is 241 g/mol. The van der Waals surface area contributed by atoms with Gasteiger partial charge in [0.2, 0.25) is 0 Å². The number of hydrogen-bond donors (Lipinski definition) is 2. The third-order valence-corrected chi connectivity index (χ3v) is 2.44. The van der Waals surface area contributed by atoms with E-state index in [4.69, 9.17) is 10.00 Å². The number of nitrogens with zero attached hydrogens (tertiary/aromatic N) is 1. The first-order valence-corrected chi connectivity index (χ1v) is 5.27. The summed E-state index contributed by atoms with van der Waals surface area (Å²) in [7, 11) is 1.59. The van der Waals surface area contributed by atoms with Crippen LogP contribution in [-0.2, 0) is 0 Å². The van der Waals surface area contributed by atoms with Crippen LogP contribution in [-0.4, -0.2) is 12.1 Å². The maximum atomic E-state index is 11.4. The lowest BCUT2D eigenvalue weighted by molar-refractivity contribution is 0.415. The third-order valence-electron chi connectivity index (χ3n) is 2.44. The fraction of sp³-hybridized carbons (Fsp3) is 0.0769. The molecule has 0 bridgehead atoms. The van der Waals surface area contributed by atoms with Gasteiger partial charge in [0.25, 0.3) is 5.56 Å². The monoisotopic (exact) mass is 241 g/mol. The summed E-state index contributed by atoms with van der Waals surface area (Å²) in [4.78, 5) is 13.9. The Hall–Kier alpha value is -2.74. The van der Waals surface area contributed by atoms with Crippen molar-refractivity contribution in [3.63, 3.8) is 0 Å². The van der Waals surface area contributed by atoms with Crippen molar-refractivity contribution >= 4 is 11.4 Å². The van der Waals surface area contributed by atoms with E-state index in [1.807, 2.05) is 6.07 Å². The number of H-pyrrole nitrogens is 1. The Labute approximate surface area is 104 Å². The molecule has 5 nitrogen and oxygen atoms in total. The lowest BCUT2D eigenvalue weighted by atomic mass is 10.2. The van der Waals surface area contributed by atoms with Crippen molar-refractivity contribution in [2.24, 2.45) is 0 Å². The van der Waals surface area contributed by atoms with E-state index in [9.17, 15) is 4.79 Å². The van der Waals surface area contributed by atoms with Crippen molar-refractivity contribution in [1.29, 1.82) is 5.26 Å². The van der Waals surface area contributed by atoms with Crippen LogP contribution in [0.5, 0.6) is 5.75 Å². The summed E-state index contributed by atoms with van der Waals surface area (Å²) in [5.41, 5.74) is 0.911. The molecule has 5 heteroatoms. The molecule has 1 heterocycles. The summed E-state index contributed by atoms with van der Waals surface area (Å²) < 4.78 is 5.05. The van der Waals surface area contributed by atoms with Crippen LogP contribution in [0.2, 0.25) is 0 Å². The average Bonchev–Trinajstić information content (AvgIpc) is 2.40. The zero-order valence-electron chi connectivity index (χ0n) is 9.73. The van der Waals surface area contributed by atoms with Gasteiger partial charge in [-0.25, -0.2) is 0 Å². The van der Waals surface area contributed by atoms with Crippen molar-refractivity contribution in [3.8, 4) is 11.8 Å². The molecule has 0 aliphatic rings. The molecule has 0 amide bonds. The van der Waals surface area contributed by atoms with Crippen molar-refractivity contribution in [3.05, 3.63) is 52.4 Å². The van der Waals surface area contributed by atoms with E-state index in [2.05, 4.69) is 10.3 Å². The van der Waals surface area contributed by atoms with Gasteiger partial charge in [0.15, 0.2) is 0 Å². The molecule has 0 saturated carbocycles. The van der Waals surface area contributed by atoms with Gasteiger partial charge < -0.3 is 15.0 Å². The van der Waals surface area contributed by atoms with Crippen LogP contribution in [0.25, 0.3) is 0 Å². The molecule has 2 N–H and O–H groups in total. The first-order valence-electron chi connectivity index (χ1n) is 5.27. The van der Waals surface area contributed by atoms with Gasteiger partial charge in [-0.1, -0.05) is 0 Å².